The summed E-state index contributed by atoms with van der Waals surface area (Å²) in [5.74, 6) is 0.667. The van der Waals surface area contributed by atoms with Gasteiger partial charge < -0.3 is 4.57 Å². The predicted molar refractivity (Wildman–Crippen MR) is 117 cm³/mol. The van der Waals surface area contributed by atoms with Crippen LogP contribution in [0.2, 0.25) is 0 Å². The van der Waals surface area contributed by atoms with Crippen molar-refractivity contribution < 1.29 is 4.57 Å². The number of allylic oxidation sites excluding steroid dienone is 4. The van der Waals surface area contributed by atoms with Crippen LogP contribution in [0.1, 0.15) is 51.4 Å². The molecule has 4 aliphatic carbocycles. The molecule has 3 saturated carbocycles. The van der Waals surface area contributed by atoms with E-state index in [1.54, 1.807) is 11.1 Å². The Balaban J connectivity index is 1.68. The van der Waals surface area contributed by atoms with Crippen LogP contribution in [0.5, 0.6) is 0 Å². The summed E-state index contributed by atoms with van der Waals surface area (Å²) in [6, 6.07) is 20.8. The minimum atomic E-state index is -2.83. The van der Waals surface area contributed by atoms with Gasteiger partial charge in [0, 0.05) is 21.3 Å². The Morgan fingerprint density at radius 1 is 0.750 bits per heavy atom. The van der Waals surface area contributed by atoms with Gasteiger partial charge in [-0.25, -0.2) is 0 Å². The van der Waals surface area contributed by atoms with Gasteiger partial charge in [-0.05, 0) is 68.4 Å². The third-order valence-electron chi connectivity index (χ3n) is 7.73. The Labute approximate surface area is 167 Å². The minimum absolute atomic E-state index is 0.191. The van der Waals surface area contributed by atoms with Gasteiger partial charge in [0.1, 0.15) is 0 Å². The highest BCUT2D eigenvalue weighted by molar-refractivity contribution is 7.82. The van der Waals surface area contributed by atoms with Crippen molar-refractivity contribution in [2.24, 2.45) is 11.3 Å². The van der Waals surface area contributed by atoms with E-state index in [-0.39, 0.29) is 5.41 Å². The molecule has 1 unspecified atom stereocenters. The number of fused-ring (bicyclic) bond motifs is 3. The van der Waals surface area contributed by atoms with Gasteiger partial charge in [0.2, 0.25) is 0 Å². The van der Waals surface area contributed by atoms with Crippen molar-refractivity contribution in [2.75, 3.05) is 0 Å². The zero-order valence-electron chi connectivity index (χ0n) is 16.4. The van der Waals surface area contributed by atoms with Crippen molar-refractivity contribution >= 4 is 17.8 Å². The molecule has 0 bridgehead atoms. The number of rotatable bonds is 3. The van der Waals surface area contributed by atoms with Crippen molar-refractivity contribution in [1.82, 2.24) is 0 Å². The molecule has 2 aromatic carbocycles. The van der Waals surface area contributed by atoms with Crippen LogP contribution in [0.25, 0.3) is 0 Å². The summed E-state index contributed by atoms with van der Waals surface area (Å²) in [4.78, 5) is 0. The summed E-state index contributed by atoms with van der Waals surface area (Å²) in [7, 11) is -2.83. The smallest absolute Gasteiger partial charge is 0.168 e. The highest BCUT2D eigenvalue weighted by Gasteiger charge is 2.62. The van der Waals surface area contributed by atoms with Gasteiger partial charge in [-0.3, -0.25) is 0 Å². The maximum atomic E-state index is 15.3. The summed E-state index contributed by atoms with van der Waals surface area (Å²) >= 11 is 0. The zero-order valence-corrected chi connectivity index (χ0v) is 17.3. The summed E-state index contributed by atoms with van der Waals surface area (Å²) in [6.07, 6.45) is 9.97. The van der Waals surface area contributed by atoms with Crippen LogP contribution in [0, 0.1) is 11.3 Å². The number of hydrogen-bond donors (Lipinski definition) is 0. The highest BCUT2D eigenvalue weighted by atomic mass is 31.2. The van der Waals surface area contributed by atoms with Crippen molar-refractivity contribution in [3.63, 3.8) is 0 Å². The molecular formula is C26H27OP. The molecule has 0 heterocycles. The lowest BCUT2D eigenvalue weighted by Gasteiger charge is -2.39. The fraction of sp³-hybridized carbons (Fsp3) is 0.385. The largest absolute Gasteiger partial charge is 0.309 e. The molecule has 0 radical (unpaired) electrons. The first-order chi connectivity index (χ1) is 13.7. The second-order valence-electron chi connectivity index (χ2n) is 9.07. The molecule has 0 amide bonds. The SMILES string of the molecule is O=P(C1=C2CCCC2=C2CCCC2C12CC2)(c1ccccc1)c1ccccc1. The molecule has 28 heavy (non-hydrogen) atoms. The quantitative estimate of drug-likeness (QED) is 0.564. The van der Waals surface area contributed by atoms with Crippen LogP contribution < -0.4 is 10.6 Å². The third kappa shape index (κ3) is 2.17. The topological polar surface area (TPSA) is 17.1 Å². The van der Waals surface area contributed by atoms with Crippen molar-refractivity contribution in [1.29, 1.82) is 0 Å². The predicted octanol–water partition coefficient (Wildman–Crippen LogP) is 6.33. The van der Waals surface area contributed by atoms with E-state index < -0.39 is 7.14 Å². The summed E-state index contributed by atoms with van der Waals surface area (Å²) in [6.45, 7) is 0. The molecule has 142 valence electrons. The number of benzene rings is 2. The average molecular weight is 386 g/mol. The Bertz CT molecular complexity index is 997. The van der Waals surface area contributed by atoms with Crippen LogP contribution in [0.4, 0.5) is 0 Å². The van der Waals surface area contributed by atoms with Crippen LogP contribution >= 0.6 is 7.14 Å². The molecule has 0 saturated heterocycles. The van der Waals surface area contributed by atoms with Gasteiger partial charge in [-0.1, -0.05) is 66.2 Å². The van der Waals surface area contributed by atoms with E-state index in [9.17, 15) is 0 Å². The second kappa shape index (κ2) is 6.07. The fourth-order valence-corrected chi connectivity index (χ4v) is 10.2. The standard InChI is InChI=1S/C26H27OP/c27-28(19-9-3-1-4-10-19,20-11-5-2-6-12-20)25-23-15-7-13-21(23)22-14-8-16-24(22)26(25)17-18-26/h1-6,9-12,24H,7-8,13-18H2. The first kappa shape index (κ1) is 17.0. The zero-order chi connectivity index (χ0) is 18.8. The summed E-state index contributed by atoms with van der Waals surface area (Å²) < 4.78 is 15.3. The van der Waals surface area contributed by atoms with E-state index in [2.05, 4.69) is 48.5 Å². The fourth-order valence-electron chi connectivity index (χ4n) is 6.55. The van der Waals surface area contributed by atoms with Gasteiger partial charge in [-0.2, -0.15) is 0 Å². The first-order valence-corrected chi connectivity index (χ1v) is 12.6. The van der Waals surface area contributed by atoms with Crippen LogP contribution in [-0.2, 0) is 4.57 Å². The van der Waals surface area contributed by atoms with Gasteiger partial charge in [0.05, 0.1) is 0 Å². The monoisotopic (exact) mass is 386 g/mol. The van der Waals surface area contributed by atoms with Gasteiger partial charge in [0.15, 0.2) is 7.14 Å². The van der Waals surface area contributed by atoms with E-state index in [0.29, 0.717) is 5.92 Å². The van der Waals surface area contributed by atoms with Crippen molar-refractivity contribution in [3.8, 4) is 0 Å². The van der Waals surface area contributed by atoms with E-state index >= 15 is 4.57 Å². The Kier molecular flexibility index (Phi) is 3.70. The van der Waals surface area contributed by atoms with Crippen molar-refractivity contribution in [3.05, 3.63) is 82.7 Å². The molecule has 2 heteroatoms. The average Bonchev–Trinajstić information content (AvgIpc) is 3.15. The normalized spacial score (nSPS) is 25.2. The molecule has 6 rings (SSSR count). The molecule has 1 nitrogen and oxygen atoms in total. The third-order valence-corrected chi connectivity index (χ3v) is 11.1. The van der Waals surface area contributed by atoms with Gasteiger partial charge >= 0.3 is 0 Å². The van der Waals surface area contributed by atoms with Crippen LogP contribution in [-0.4, -0.2) is 0 Å². The van der Waals surface area contributed by atoms with E-state index in [1.807, 2.05) is 12.1 Å². The maximum Gasteiger partial charge on any atom is 0.168 e. The lowest BCUT2D eigenvalue weighted by molar-refractivity contribution is 0.420. The van der Waals surface area contributed by atoms with Crippen LogP contribution in [0.15, 0.2) is 82.7 Å². The summed E-state index contributed by atoms with van der Waals surface area (Å²) in [5, 5.41) is 3.44. The molecule has 1 atom stereocenters. The lowest BCUT2D eigenvalue weighted by atomic mass is 9.75. The van der Waals surface area contributed by atoms with E-state index in [4.69, 9.17) is 0 Å². The van der Waals surface area contributed by atoms with Crippen molar-refractivity contribution in [2.45, 2.75) is 51.4 Å². The molecule has 0 aliphatic heterocycles. The van der Waals surface area contributed by atoms with E-state index in [0.717, 1.165) is 17.0 Å². The molecule has 0 N–H and O–H groups in total. The molecule has 2 aromatic rings. The number of hydrogen-bond acceptors (Lipinski definition) is 1. The second-order valence-corrected chi connectivity index (χ2v) is 11.8. The molecule has 1 spiro atoms. The Morgan fingerprint density at radius 2 is 1.36 bits per heavy atom. The molecule has 3 fully saturated rings. The maximum absolute atomic E-state index is 15.3. The highest BCUT2D eigenvalue weighted by Crippen LogP contribution is 2.76. The first-order valence-electron chi connectivity index (χ1n) is 10.9. The van der Waals surface area contributed by atoms with Gasteiger partial charge in [0.25, 0.3) is 0 Å². The molecular weight excluding hydrogens is 359 g/mol. The van der Waals surface area contributed by atoms with E-state index in [1.165, 1.54) is 55.8 Å². The Hall–Kier alpha value is -1.85. The molecule has 4 aliphatic rings. The van der Waals surface area contributed by atoms with Gasteiger partial charge in [-0.15, -0.1) is 0 Å². The summed E-state index contributed by atoms with van der Waals surface area (Å²) in [5.41, 5.74) is 5.10. The molecule has 0 aromatic heterocycles. The Morgan fingerprint density at radius 3 is 1.96 bits per heavy atom. The minimum Gasteiger partial charge on any atom is -0.309 e. The van der Waals surface area contributed by atoms with Crippen LogP contribution in [0.3, 0.4) is 0 Å². The lowest BCUT2D eigenvalue weighted by Crippen LogP contribution is -2.29.